The van der Waals surface area contributed by atoms with Crippen molar-refractivity contribution in [2.75, 3.05) is 19.1 Å². The third-order valence-electron chi connectivity index (χ3n) is 3.02. The summed E-state index contributed by atoms with van der Waals surface area (Å²) < 4.78 is 18.5. The fourth-order valence-corrected chi connectivity index (χ4v) is 2.01. The Morgan fingerprint density at radius 1 is 1.20 bits per heavy atom. The van der Waals surface area contributed by atoms with Crippen LogP contribution in [-0.4, -0.2) is 14.2 Å². The van der Waals surface area contributed by atoms with Crippen LogP contribution in [0, 0.1) is 17.1 Å². The second-order valence-corrected chi connectivity index (χ2v) is 4.51. The number of halogens is 1. The van der Waals surface area contributed by atoms with Gasteiger partial charge in [-0.1, -0.05) is 0 Å². The number of ether oxygens (including phenoxy) is 1. The molecule has 0 spiro atoms. The summed E-state index contributed by atoms with van der Waals surface area (Å²) in [5, 5.41) is 8.85. The number of nitrogens with zero attached hydrogens (tertiary/aromatic N) is 2. The maximum absolute atomic E-state index is 13.4. The highest BCUT2D eigenvalue weighted by molar-refractivity contribution is 5.49. The van der Waals surface area contributed by atoms with Crippen LogP contribution in [0.15, 0.2) is 42.5 Å². The average molecular weight is 270 g/mol. The van der Waals surface area contributed by atoms with Crippen LogP contribution in [0.4, 0.5) is 10.1 Å². The summed E-state index contributed by atoms with van der Waals surface area (Å²) in [5.74, 6) is 0.404. The summed E-state index contributed by atoms with van der Waals surface area (Å²) in [6, 6.07) is 14.0. The number of methoxy groups -OCH3 is 1. The van der Waals surface area contributed by atoms with Crippen LogP contribution in [-0.2, 0) is 6.54 Å². The summed E-state index contributed by atoms with van der Waals surface area (Å²) in [6.07, 6.45) is 0. The molecule has 0 aliphatic carbocycles. The number of hydrogen-bond donors (Lipinski definition) is 0. The predicted octanol–water partition coefficient (Wildman–Crippen LogP) is 3.34. The molecule has 0 radical (unpaired) electrons. The van der Waals surface area contributed by atoms with Gasteiger partial charge in [-0.3, -0.25) is 0 Å². The number of anilines is 1. The van der Waals surface area contributed by atoms with Gasteiger partial charge in [0.05, 0.1) is 18.7 Å². The van der Waals surface area contributed by atoms with E-state index in [4.69, 9.17) is 10.00 Å². The molecule has 0 amide bonds. The first-order valence-electron chi connectivity index (χ1n) is 6.17. The smallest absolute Gasteiger partial charge is 0.124 e. The van der Waals surface area contributed by atoms with E-state index >= 15 is 0 Å². The van der Waals surface area contributed by atoms with Gasteiger partial charge in [-0.2, -0.15) is 5.26 Å². The van der Waals surface area contributed by atoms with Crippen molar-refractivity contribution < 1.29 is 9.13 Å². The molecule has 102 valence electrons. The highest BCUT2D eigenvalue weighted by atomic mass is 19.1. The molecular formula is C16H15FN2O. The molecule has 0 saturated heterocycles. The van der Waals surface area contributed by atoms with E-state index in [1.54, 1.807) is 13.2 Å². The minimum absolute atomic E-state index is 0.336. The zero-order valence-electron chi connectivity index (χ0n) is 11.4. The Hall–Kier alpha value is -2.54. The molecule has 0 atom stereocenters. The average Bonchev–Trinajstić information content (AvgIpc) is 2.46. The Labute approximate surface area is 117 Å². The number of nitriles is 1. The topological polar surface area (TPSA) is 36.3 Å². The molecule has 2 rings (SSSR count). The number of benzene rings is 2. The summed E-state index contributed by atoms with van der Waals surface area (Å²) >= 11 is 0. The minimum Gasteiger partial charge on any atom is -0.497 e. The van der Waals surface area contributed by atoms with Gasteiger partial charge in [-0.15, -0.1) is 0 Å². The monoisotopic (exact) mass is 270 g/mol. The van der Waals surface area contributed by atoms with Crippen molar-refractivity contribution in [3.8, 4) is 11.8 Å². The quantitative estimate of drug-likeness (QED) is 0.855. The summed E-state index contributed by atoms with van der Waals surface area (Å²) in [6.45, 7) is 0.527. The molecule has 3 nitrogen and oxygen atoms in total. The molecule has 0 aliphatic rings. The maximum Gasteiger partial charge on any atom is 0.124 e. The van der Waals surface area contributed by atoms with E-state index in [0.717, 1.165) is 17.0 Å². The van der Waals surface area contributed by atoms with Crippen LogP contribution in [0.3, 0.4) is 0 Å². The summed E-state index contributed by atoms with van der Waals surface area (Å²) in [4.78, 5) is 1.98. The largest absolute Gasteiger partial charge is 0.497 e. The maximum atomic E-state index is 13.4. The molecule has 0 unspecified atom stereocenters. The molecule has 2 aromatic carbocycles. The van der Waals surface area contributed by atoms with Crippen LogP contribution in [0.1, 0.15) is 11.1 Å². The van der Waals surface area contributed by atoms with Crippen LogP contribution >= 0.6 is 0 Å². The Balaban J connectivity index is 2.16. The molecule has 0 N–H and O–H groups in total. The van der Waals surface area contributed by atoms with Gasteiger partial charge >= 0.3 is 0 Å². The van der Waals surface area contributed by atoms with Crippen molar-refractivity contribution in [3.63, 3.8) is 0 Å². The van der Waals surface area contributed by atoms with Gasteiger partial charge in [0.2, 0.25) is 0 Å². The summed E-state index contributed by atoms with van der Waals surface area (Å²) in [7, 11) is 3.54. The van der Waals surface area contributed by atoms with Gasteiger partial charge in [0.15, 0.2) is 0 Å². The Kier molecular flexibility index (Phi) is 4.21. The van der Waals surface area contributed by atoms with Gasteiger partial charge in [0, 0.05) is 19.3 Å². The lowest BCUT2D eigenvalue weighted by Crippen LogP contribution is -2.16. The van der Waals surface area contributed by atoms with Crippen LogP contribution < -0.4 is 9.64 Å². The zero-order valence-corrected chi connectivity index (χ0v) is 11.4. The lowest BCUT2D eigenvalue weighted by atomic mass is 10.1. The van der Waals surface area contributed by atoms with Gasteiger partial charge in [0.1, 0.15) is 11.6 Å². The number of rotatable bonds is 4. The van der Waals surface area contributed by atoms with Crippen LogP contribution in [0.5, 0.6) is 5.75 Å². The fraction of sp³-hybridized carbons (Fsp3) is 0.188. The first kappa shape index (κ1) is 13.9. The Morgan fingerprint density at radius 3 is 2.50 bits per heavy atom. The molecule has 2 aromatic rings. The first-order valence-corrected chi connectivity index (χ1v) is 6.17. The van der Waals surface area contributed by atoms with Gasteiger partial charge in [-0.05, 0) is 48.0 Å². The van der Waals surface area contributed by atoms with E-state index in [2.05, 4.69) is 0 Å². The van der Waals surface area contributed by atoms with Crippen molar-refractivity contribution in [2.45, 2.75) is 6.54 Å². The van der Waals surface area contributed by atoms with Crippen molar-refractivity contribution in [2.24, 2.45) is 0 Å². The second kappa shape index (κ2) is 6.07. The molecular weight excluding hydrogens is 255 g/mol. The van der Waals surface area contributed by atoms with Crippen molar-refractivity contribution in [3.05, 3.63) is 59.4 Å². The van der Waals surface area contributed by atoms with Crippen LogP contribution in [0.2, 0.25) is 0 Å². The third-order valence-corrected chi connectivity index (χ3v) is 3.02. The minimum atomic E-state index is -0.387. The van der Waals surface area contributed by atoms with E-state index in [9.17, 15) is 4.39 Å². The normalized spacial score (nSPS) is 9.90. The molecule has 4 heteroatoms. The van der Waals surface area contributed by atoms with Crippen molar-refractivity contribution in [1.82, 2.24) is 0 Å². The molecule has 0 fully saturated rings. The Morgan fingerprint density at radius 2 is 1.90 bits per heavy atom. The van der Waals surface area contributed by atoms with Gasteiger partial charge in [-0.25, -0.2) is 4.39 Å². The van der Waals surface area contributed by atoms with E-state index in [1.165, 1.54) is 12.1 Å². The second-order valence-electron chi connectivity index (χ2n) is 4.51. The highest BCUT2D eigenvalue weighted by Crippen LogP contribution is 2.20. The molecule has 0 heterocycles. The van der Waals surface area contributed by atoms with Crippen molar-refractivity contribution in [1.29, 1.82) is 5.26 Å². The van der Waals surface area contributed by atoms with E-state index in [1.807, 2.05) is 42.3 Å². The summed E-state index contributed by atoms with van der Waals surface area (Å²) in [5.41, 5.74) is 2.09. The number of hydrogen-bond acceptors (Lipinski definition) is 3. The zero-order chi connectivity index (χ0) is 14.5. The van der Waals surface area contributed by atoms with E-state index < -0.39 is 0 Å². The van der Waals surface area contributed by atoms with E-state index in [-0.39, 0.29) is 5.82 Å². The van der Waals surface area contributed by atoms with Gasteiger partial charge < -0.3 is 9.64 Å². The predicted molar refractivity (Wildman–Crippen MR) is 76.2 cm³/mol. The first-order chi connectivity index (χ1) is 9.62. The van der Waals surface area contributed by atoms with Gasteiger partial charge in [0.25, 0.3) is 0 Å². The third kappa shape index (κ3) is 3.27. The highest BCUT2D eigenvalue weighted by Gasteiger charge is 2.05. The molecule has 0 bridgehead atoms. The Bertz CT molecular complexity index is 632. The van der Waals surface area contributed by atoms with Crippen LogP contribution in [0.25, 0.3) is 0 Å². The standard InChI is InChI=1S/C16H15FN2O/c1-19(15-3-5-16(20-2)6-4-15)11-13-7-12(10-18)8-14(17)9-13/h3-9H,11H2,1-2H3. The lowest BCUT2D eigenvalue weighted by Gasteiger charge is -2.19. The fourth-order valence-electron chi connectivity index (χ4n) is 2.01. The SMILES string of the molecule is COc1ccc(N(C)Cc2cc(F)cc(C#N)c2)cc1. The molecule has 0 saturated carbocycles. The molecule has 0 aromatic heterocycles. The molecule has 0 aliphatic heterocycles. The van der Waals surface area contributed by atoms with E-state index in [0.29, 0.717) is 12.1 Å². The van der Waals surface area contributed by atoms with Crippen molar-refractivity contribution >= 4 is 5.69 Å². The lowest BCUT2D eigenvalue weighted by molar-refractivity contribution is 0.415. The molecule has 20 heavy (non-hydrogen) atoms.